The highest BCUT2D eigenvalue weighted by Gasteiger charge is 2.33. The van der Waals surface area contributed by atoms with Gasteiger partial charge in [-0.05, 0) is 44.0 Å². The van der Waals surface area contributed by atoms with Crippen molar-refractivity contribution in [3.8, 4) is 0 Å². The number of benzene rings is 1. The van der Waals surface area contributed by atoms with Crippen LogP contribution in [0.2, 0.25) is 5.02 Å². The first-order chi connectivity index (χ1) is 15.9. The molecule has 0 spiro atoms. The van der Waals surface area contributed by atoms with Gasteiger partial charge < -0.3 is 15.2 Å². The summed E-state index contributed by atoms with van der Waals surface area (Å²) in [5.74, 6) is -0.386. The lowest BCUT2D eigenvalue weighted by molar-refractivity contribution is -0.126. The molecule has 2 fully saturated rings. The van der Waals surface area contributed by atoms with Crippen LogP contribution in [0.5, 0.6) is 0 Å². The Bertz CT molecular complexity index is 1020. The van der Waals surface area contributed by atoms with Gasteiger partial charge in [-0.2, -0.15) is 4.31 Å². The number of halogens is 1. The lowest BCUT2D eigenvalue weighted by Crippen LogP contribution is -2.47. The number of anilines is 1. The second-order valence-electron chi connectivity index (χ2n) is 8.57. The fourth-order valence-corrected chi connectivity index (χ4v) is 6.06. The van der Waals surface area contributed by atoms with E-state index in [2.05, 4.69) is 31.2 Å². The number of imidazole rings is 1. The third kappa shape index (κ3) is 6.06. The van der Waals surface area contributed by atoms with E-state index in [-0.39, 0.29) is 23.4 Å². The van der Waals surface area contributed by atoms with E-state index in [1.165, 1.54) is 16.8 Å². The van der Waals surface area contributed by atoms with Crippen molar-refractivity contribution >= 4 is 33.2 Å². The van der Waals surface area contributed by atoms with Gasteiger partial charge in [0, 0.05) is 56.5 Å². The van der Waals surface area contributed by atoms with Gasteiger partial charge in [-0.25, -0.2) is 13.4 Å². The van der Waals surface area contributed by atoms with Crippen molar-refractivity contribution < 1.29 is 13.2 Å². The molecule has 4 rings (SSSR count). The van der Waals surface area contributed by atoms with E-state index < -0.39 is 10.0 Å². The monoisotopic (exact) mass is 494 g/mol. The maximum atomic E-state index is 12.7. The molecule has 1 unspecified atom stereocenters. The number of sulfonamides is 1. The minimum Gasteiger partial charge on any atom is -0.369 e. The molecule has 3 heterocycles. The van der Waals surface area contributed by atoms with Gasteiger partial charge in [-0.15, -0.1) is 0 Å². The van der Waals surface area contributed by atoms with E-state index in [0.29, 0.717) is 25.9 Å². The van der Waals surface area contributed by atoms with Crippen LogP contribution in [0.25, 0.3) is 0 Å². The number of nitrogens with one attached hydrogen (secondary N) is 2. The second-order valence-corrected chi connectivity index (χ2v) is 10.9. The third-order valence-electron chi connectivity index (χ3n) is 6.34. The predicted molar refractivity (Wildman–Crippen MR) is 128 cm³/mol. The summed E-state index contributed by atoms with van der Waals surface area (Å²) in [7, 11) is -3.63. The number of amides is 1. The molecule has 0 bridgehead atoms. The number of piperidine rings is 1. The highest BCUT2D eigenvalue weighted by atomic mass is 35.5. The molecule has 11 heteroatoms. The van der Waals surface area contributed by atoms with Gasteiger partial charge >= 0.3 is 0 Å². The number of hydrogen-bond acceptors (Lipinski definition) is 6. The summed E-state index contributed by atoms with van der Waals surface area (Å²) in [6.45, 7) is 6.01. The molecular formula is C22H31ClN6O3S. The minimum absolute atomic E-state index is 0.0645. The molecule has 2 saturated heterocycles. The van der Waals surface area contributed by atoms with Crippen LogP contribution in [0.15, 0.2) is 41.8 Å². The number of aromatic amines is 1. The third-order valence-corrected chi connectivity index (χ3v) is 8.37. The Kier molecular flexibility index (Phi) is 7.90. The second kappa shape index (κ2) is 10.9. The molecule has 2 aliphatic heterocycles. The van der Waals surface area contributed by atoms with E-state index in [0.717, 1.165) is 49.9 Å². The normalized spacial score (nSPS) is 20.6. The number of aromatic nitrogens is 2. The Morgan fingerprint density at radius 3 is 2.76 bits per heavy atom. The lowest BCUT2D eigenvalue weighted by Gasteiger charge is -2.36. The summed E-state index contributed by atoms with van der Waals surface area (Å²) in [5.41, 5.74) is 1.16. The summed E-state index contributed by atoms with van der Waals surface area (Å²) in [6, 6.07) is 7.95. The summed E-state index contributed by atoms with van der Waals surface area (Å²) in [4.78, 5) is 23.9. The fourth-order valence-electron chi connectivity index (χ4n) is 4.46. The van der Waals surface area contributed by atoms with Gasteiger partial charge in [-0.1, -0.05) is 17.7 Å². The van der Waals surface area contributed by atoms with E-state index in [1.54, 1.807) is 0 Å². The van der Waals surface area contributed by atoms with E-state index in [9.17, 15) is 13.2 Å². The Morgan fingerprint density at radius 2 is 2.03 bits per heavy atom. The van der Waals surface area contributed by atoms with E-state index in [1.807, 2.05) is 18.2 Å². The van der Waals surface area contributed by atoms with Crippen LogP contribution in [-0.4, -0.2) is 85.9 Å². The molecule has 1 atom stereocenters. The highest BCUT2D eigenvalue weighted by molar-refractivity contribution is 7.89. The predicted octanol–water partition coefficient (Wildman–Crippen LogP) is 1.79. The van der Waals surface area contributed by atoms with Gasteiger partial charge in [0.25, 0.3) is 10.0 Å². The molecule has 2 N–H and O–H groups in total. The van der Waals surface area contributed by atoms with Crippen molar-refractivity contribution in [3.05, 3.63) is 41.8 Å². The average molecular weight is 495 g/mol. The van der Waals surface area contributed by atoms with Crippen molar-refractivity contribution in [1.82, 2.24) is 24.5 Å². The van der Waals surface area contributed by atoms with Gasteiger partial charge in [0.15, 0.2) is 5.03 Å². The number of nitrogens with zero attached hydrogens (tertiary/aromatic N) is 4. The molecule has 2 aliphatic rings. The summed E-state index contributed by atoms with van der Waals surface area (Å²) in [5, 5.41) is 3.83. The van der Waals surface area contributed by atoms with Crippen molar-refractivity contribution in [2.24, 2.45) is 5.92 Å². The van der Waals surface area contributed by atoms with Crippen LogP contribution in [0.1, 0.15) is 19.3 Å². The first-order valence-electron chi connectivity index (χ1n) is 11.4. The van der Waals surface area contributed by atoms with E-state index in [4.69, 9.17) is 11.6 Å². The zero-order valence-electron chi connectivity index (χ0n) is 18.6. The number of carbonyl (C=O) groups excluding carboxylic acids is 1. The maximum Gasteiger partial charge on any atom is 0.260 e. The molecule has 180 valence electrons. The lowest BCUT2D eigenvalue weighted by atomic mass is 9.99. The molecule has 2 aromatic rings. The molecule has 0 aliphatic carbocycles. The van der Waals surface area contributed by atoms with Gasteiger partial charge in [-0.3, -0.25) is 9.69 Å². The van der Waals surface area contributed by atoms with Gasteiger partial charge in [0.1, 0.15) is 0 Å². The van der Waals surface area contributed by atoms with Crippen molar-refractivity contribution in [1.29, 1.82) is 0 Å². The largest absolute Gasteiger partial charge is 0.369 e. The maximum absolute atomic E-state index is 12.7. The summed E-state index contributed by atoms with van der Waals surface area (Å²) in [6.07, 6.45) is 4.88. The number of carbonyl (C=O) groups is 1. The smallest absolute Gasteiger partial charge is 0.260 e. The topological polar surface area (TPSA) is 102 Å². The van der Waals surface area contributed by atoms with Crippen LogP contribution in [0.4, 0.5) is 5.69 Å². The molecule has 0 saturated carbocycles. The quantitative estimate of drug-likeness (QED) is 0.542. The fraction of sp³-hybridized carbons (Fsp3) is 0.545. The van der Waals surface area contributed by atoms with Crippen molar-refractivity contribution in [2.45, 2.75) is 24.3 Å². The molecule has 1 aromatic carbocycles. The molecule has 1 aromatic heterocycles. The zero-order chi connectivity index (χ0) is 23.3. The van der Waals surface area contributed by atoms with Crippen molar-refractivity contribution in [3.63, 3.8) is 0 Å². The molecular weight excluding hydrogens is 464 g/mol. The zero-order valence-corrected chi connectivity index (χ0v) is 20.2. The van der Waals surface area contributed by atoms with Crippen LogP contribution in [0, 0.1) is 5.92 Å². The van der Waals surface area contributed by atoms with Gasteiger partial charge in [0.2, 0.25) is 5.91 Å². The Labute approximate surface area is 200 Å². The highest BCUT2D eigenvalue weighted by Crippen LogP contribution is 2.23. The van der Waals surface area contributed by atoms with Crippen molar-refractivity contribution in [2.75, 3.05) is 57.3 Å². The minimum atomic E-state index is -3.63. The Morgan fingerprint density at radius 1 is 1.21 bits per heavy atom. The molecule has 33 heavy (non-hydrogen) atoms. The number of piperazine rings is 1. The Hall–Kier alpha value is -2.14. The average Bonchev–Trinajstić information content (AvgIpc) is 3.38. The van der Waals surface area contributed by atoms with Crippen LogP contribution in [-0.2, 0) is 14.8 Å². The first kappa shape index (κ1) is 24.0. The number of H-pyrrole nitrogens is 1. The standard InChI is InChI=1S/C22H31ClN6O3S/c23-19-5-1-6-20(14-19)28-12-10-27(11-13-28)8-3-7-25-22(30)18-4-2-9-29(16-18)33(31,32)21-15-24-17-26-21/h1,5-6,14-15,17-18H,2-4,7-13,16H2,(H,24,26)(H,25,30). The van der Waals surface area contributed by atoms with Crippen LogP contribution in [0.3, 0.4) is 0 Å². The summed E-state index contributed by atoms with van der Waals surface area (Å²) < 4.78 is 26.8. The number of rotatable bonds is 8. The van der Waals surface area contributed by atoms with Gasteiger partial charge in [0.05, 0.1) is 18.4 Å². The molecule has 9 nitrogen and oxygen atoms in total. The first-order valence-corrected chi connectivity index (χ1v) is 13.2. The molecule has 1 amide bonds. The Balaban J connectivity index is 1.16. The van der Waals surface area contributed by atoms with Crippen LogP contribution >= 0.6 is 11.6 Å². The SMILES string of the molecule is O=C(NCCCN1CCN(c2cccc(Cl)c2)CC1)C1CCCN(S(=O)(=O)c2cnc[nH]2)C1. The summed E-state index contributed by atoms with van der Waals surface area (Å²) >= 11 is 6.10. The van der Waals surface area contributed by atoms with Crippen LogP contribution < -0.4 is 10.2 Å². The number of hydrogen-bond donors (Lipinski definition) is 2. The molecule has 0 radical (unpaired) electrons. The van der Waals surface area contributed by atoms with E-state index >= 15 is 0 Å².